The number of hydrogen-bond donors (Lipinski definition) is 1. The average molecular weight is 372 g/mol. The lowest BCUT2D eigenvalue weighted by atomic mass is 9.97. The van der Waals surface area contributed by atoms with Gasteiger partial charge < -0.3 is 15.1 Å². The first-order valence-electron chi connectivity index (χ1n) is 8.47. The Morgan fingerprint density at radius 2 is 1.92 bits per heavy atom. The number of likely N-dealkylation sites (N-methyl/N-ethyl adjacent to an activating group) is 1. The van der Waals surface area contributed by atoms with Crippen LogP contribution in [0.5, 0.6) is 0 Å². The lowest BCUT2D eigenvalue weighted by Gasteiger charge is -2.32. The van der Waals surface area contributed by atoms with Crippen molar-refractivity contribution in [2.45, 2.75) is 30.7 Å². The Hall–Kier alpha value is -0.810. The quantitative estimate of drug-likeness (QED) is 0.880. The molecule has 1 N–H and O–H groups in total. The smallest absolute Gasteiger partial charge is 0.236 e. The van der Waals surface area contributed by atoms with Crippen molar-refractivity contribution >= 4 is 30.7 Å². The highest BCUT2D eigenvalue weighted by Crippen LogP contribution is 2.56. The van der Waals surface area contributed by atoms with Crippen molar-refractivity contribution in [1.29, 1.82) is 0 Å². The molecule has 1 saturated heterocycles. The van der Waals surface area contributed by atoms with Crippen molar-refractivity contribution in [3.05, 3.63) is 35.4 Å². The highest BCUT2D eigenvalue weighted by atomic mass is 35.5. The standard InChI is InChI=1S/C18H25N3O.2ClH/c1-20-8-10-21(11-9-20)17(22)13-19-16-12-18(16)7-6-14-4-2-3-5-15(14)18;;/h2-5,16,19H,6-13H2,1H3;2*1H/t16-,18-;;/m1../s1. The van der Waals surface area contributed by atoms with E-state index in [0.717, 1.165) is 26.2 Å². The number of fused-ring (bicyclic) bond motifs is 2. The normalized spacial score (nSPS) is 28.0. The second kappa shape index (κ2) is 7.61. The van der Waals surface area contributed by atoms with Gasteiger partial charge in [0, 0.05) is 37.6 Å². The van der Waals surface area contributed by atoms with Crippen molar-refractivity contribution in [3.8, 4) is 0 Å². The molecule has 2 atom stereocenters. The zero-order valence-corrected chi connectivity index (χ0v) is 15.8. The summed E-state index contributed by atoms with van der Waals surface area (Å²) in [4.78, 5) is 16.6. The molecule has 1 heterocycles. The number of aryl methyl sites for hydroxylation is 1. The molecule has 2 aliphatic carbocycles. The molecule has 6 heteroatoms. The summed E-state index contributed by atoms with van der Waals surface area (Å²) in [5.74, 6) is 0.265. The predicted octanol–water partition coefficient (Wildman–Crippen LogP) is 1.85. The minimum absolute atomic E-state index is 0. The lowest BCUT2D eigenvalue weighted by Crippen LogP contribution is -2.50. The second-order valence-electron chi connectivity index (χ2n) is 7.13. The molecule has 1 aromatic carbocycles. The van der Waals surface area contributed by atoms with Crippen molar-refractivity contribution in [2.75, 3.05) is 39.8 Å². The third-order valence-corrected chi connectivity index (χ3v) is 5.83. The van der Waals surface area contributed by atoms with Crippen molar-refractivity contribution in [3.63, 3.8) is 0 Å². The lowest BCUT2D eigenvalue weighted by molar-refractivity contribution is -0.131. The number of benzene rings is 1. The van der Waals surface area contributed by atoms with Gasteiger partial charge in [0.1, 0.15) is 0 Å². The summed E-state index contributed by atoms with van der Waals surface area (Å²) in [5.41, 5.74) is 3.37. The van der Waals surface area contributed by atoms with Crippen LogP contribution in [0, 0.1) is 0 Å². The summed E-state index contributed by atoms with van der Waals surface area (Å²) in [6.45, 7) is 4.22. The molecular formula is C18H27Cl2N3O. The van der Waals surface area contributed by atoms with Gasteiger partial charge >= 0.3 is 0 Å². The third-order valence-electron chi connectivity index (χ3n) is 5.83. The van der Waals surface area contributed by atoms with E-state index in [1.165, 1.54) is 30.4 Å². The van der Waals surface area contributed by atoms with E-state index in [9.17, 15) is 4.79 Å². The van der Waals surface area contributed by atoms with Crippen molar-refractivity contribution in [1.82, 2.24) is 15.1 Å². The number of carbonyl (C=O) groups is 1. The molecule has 1 spiro atoms. The Labute approximate surface area is 156 Å². The van der Waals surface area contributed by atoms with Crippen LogP contribution < -0.4 is 5.32 Å². The van der Waals surface area contributed by atoms with Gasteiger partial charge in [-0.25, -0.2) is 0 Å². The van der Waals surface area contributed by atoms with Crippen molar-refractivity contribution in [2.24, 2.45) is 0 Å². The van der Waals surface area contributed by atoms with Gasteiger partial charge in [0.05, 0.1) is 6.54 Å². The molecule has 2 fully saturated rings. The number of nitrogens with one attached hydrogen (secondary N) is 1. The SMILES string of the molecule is CN1CCN(C(=O)CN[C@@H]2C[C@@]23CCc2ccccc23)CC1.Cl.Cl. The molecule has 0 aromatic heterocycles. The number of nitrogens with zero attached hydrogens (tertiary/aromatic N) is 2. The fourth-order valence-corrected chi connectivity index (χ4v) is 4.24. The van der Waals surface area contributed by atoms with Gasteiger partial charge in [0.15, 0.2) is 0 Å². The molecular weight excluding hydrogens is 345 g/mol. The molecule has 1 aliphatic heterocycles. The maximum Gasteiger partial charge on any atom is 0.236 e. The second-order valence-corrected chi connectivity index (χ2v) is 7.13. The average Bonchev–Trinajstić information content (AvgIpc) is 3.13. The number of amides is 1. The Bertz CT molecular complexity index is 589. The molecule has 3 aliphatic rings. The number of hydrogen-bond acceptors (Lipinski definition) is 3. The first-order valence-corrected chi connectivity index (χ1v) is 8.47. The molecule has 0 radical (unpaired) electrons. The van der Waals surface area contributed by atoms with E-state index in [1.54, 1.807) is 0 Å². The van der Waals surface area contributed by atoms with Crippen LogP contribution in [-0.4, -0.2) is 61.5 Å². The highest BCUT2D eigenvalue weighted by molar-refractivity contribution is 5.85. The van der Waals surface area contributed by atoms with Gasteiger partial charge in [-0.1, -0.05) is 24.3 Å². The fraction of sp³-hybridized carbons (Fsp3) is 0.611. The van der Waals surface area contributed by atoms with E-state index in [4.69, 9.17) is 0 Å². The largest absolute Gasteiger partial charge is 0.339 e. The minimum atomic E-state index is 0. The molecule has 4 rings (SSSR count). The van der Waals surface area contributed by atoms with E-state index >= 15 is 0 Å². The van der Waals surface area contributed by atoms with Gasteiger partial charge in [0.25, 0.3) is 0 Å². The monoisotopic (exact) mass is 371 g/mol. The molecule has 1 aromatic rings. The number of rotatable bonds is 3. The van der Waals surface area contributed by atoms with Gasteiger partial charge in [-0.2, -0.15) is 0 Å². The molecule has 24 heavy (non-hydrogen) atoms. The minimum Gasteiger partial charge on any atom is -0.339 e. The van der Waals surface area contributed by atoms with E-state index in [-0.39, 0.29) is 30.7 Å². The fourth-order valence-electron chi connectivity index (χ4n) is 4.24. The van der Waals surface area contributed by atoms with Crippen LogP contribution >= 0.6 is 24.8 Å². The molecule has 0 unspecified atom stereocenters. The van der Waals surface area contributed by atoms with Gasteiger partial charge in [-0.3, -0.25) is 4.79 Å². The van der Waals surface area contributed by atoms with E-state index in [0.29, 0.717) is 18.0 Å². The summed E-state index contributed by atoms with van der Waals surface area (Å²) < 4.78 is 0. The third kappa shape index (κ3) is 3.43. The molecule has 134 valence electrons. The Kier molecular flexibility index (Phi) is 6.19. The van der Waals surface area contributed by atoms with Crippen LogP contribution in [0.15, 0.2) is 24.3 Å². The number of piperazine rings is 1. The van der Waals surface area contributed by atoms with Crippen molar-refractivity contribution < 1.29 is 4.79 Å². The van der Waals surface area contributed by atoms with Gasteiger partial charge in [0.2, 0.25) is 5.91 Å². The van der Waals surface area contributed by atoms with Crippen LogP contribution in [0.25, 0.3) is 0 Å². The van der Waals surface area contributed by atoms with Crippen LogP contribution in [0.1, 0.15) is 24.0 Å². The molecule has 1 amide bonds. The number of carbonyl (C=O) groups excluding carboxylic acids is 1. The van der Waals surface area contributed by atoms with Crippen LogP contribution in [0.2, 0.25) is 0 Å². The summed E-state index contributed by atoms with van der Waals surface area (Å²) >= 11 is 0. The van der Waals surface area contributed by atoms with Crippen LogP contribution in [-0.2, 0) is 16.6 Å². The first-order chi connectivity index (χ1) is 10.7. The number of halogens is 2. The zero-order valence-electron chi connectivity index (χ0n) is 14.2. The Balaban J connectivity index is 0.00000104. The summed E-state index contributed by atoms with van der Waals surface area (Å²) in [6, 6.07) is 9.32. The molecule has 4 nitrogen and oxygen atoms in total. The zero-order chi connectivity index (χ0) is 15.2. The van der Waals surface area contributed by atoms with Crippen LogP contribution in [0.3, 0.4) is 0 Å². The van der Waals surface area contributed by atoms with E-state index in [2.05, 4.69) is 41.5 Å². The van der Waals surface area contributed by atoms with Gasteiger partial charge in [-0.05, 0) is 37.4 Å². The topological polar surface area (TPSA) is 35.6 Å². The van der Waals surface area contributed by atoms with Gasteiger partial charge in [-0.15, -0.1) is 24.8 Å². The maximum absolute atomic E-state index is 12.3. The Morgan fingerprint density at radius 3 is 2.67 bits per heavy atom. The Morgan fingerprint density at radius 1 is 1.21 bits per heavy atom. The summed E-state index contributed by atoms with van der Waals surface area (Å²) in [7, 11) is 2.12. The van der Waals surface area contributed by atoms with Crippen LogP contribution in [0.4, 0.5) is 0 Å². The highest BCUT2D eigenvalue weighted by Gasteiger charge is 2.57. The van der Waals surface area contributed by atoms with E-state index < -0.39 is 0 Å². The first kappa shape index (κ1) is 19.5. The summed E-state index contributed by atoms with van der Waals surface area (Å²) in [6.07, 6.45) is 3.63. The van der Waals surface area contributed by atoms with E-state index in [1.807, 2.05) is 4.90 Å². The predicted molar refractivity (Wildman–Crippen MR) is 101 cm³/mol. The molecule has 1 saturated carbocycles. The summed E-state index contributed by atoms with van der Waals surface area (Å²) in [5, 5.41) is 3.53. The molecule has 0 bridgehead atoms. The maximum atomic E-state index is 12.3.